The lowest BCUT2D eigenvalue weighted by atomic mass is 9.91. The Bertz CT molecular complexity index is 335. The molecule has 1 fully saturated rings. The number of hydrogen-bond donors (Lipinski definition) is 1. The summed E-state index contributed by atoms with van der Waals surface area (Å²) in [6.07, 6.45) is 4.01. The standard InChI is InChI=1S/C11H21N5/c1-3-9-6-16(5-4-10(9)12)7-11-14-13-8-15(11)2/h8-10H,3-7,12H2,1-2H3. The minimum absolute atomic E-state index is 0.376. The van der Waals surface area contributed by atoms with Crippen molar-refractivity contribution in [2.24, 2.45) is 18.7 Å². The molecule has 0 aliphatic carbocycles. The van der Waals surface area contributed by atoms with Crippen molar-refractivity contribution in [3.05, 3.63) is 12.2 Å². The summed E-state index contributed by atoms with van der Waals surface area (Å²) in [6, 6.07) is 0.376. The Morgan fingerprint density at radius 1 is 1.56 bits per heavy atom. The Labute approximate surface area is 96.6 Å². The van der Waals surface area contributed by atoms with E-state index in [1.165, 1.54) is 0 Å². The third-order valence-electron chi connectivity index (χ3n) is 3.57. The Kier molecular flexibility index (Phi) is 3.56. The van der Waals surface area contributed by atoms with Gasteiger partial charge in [-0.25, -0.2) is 0 Å². The van der Waals surface area contributed by atoms with Gasteiger partial charge < -0.3 is 10.3 Å². The fourth-order valence-electron chi connectivity index (χ4n) is 2.35. The molecule has 1 aliphatic heterocycles. The molecule has 2 N–H and O–H groups in total. The summed E-state index contributed by atoms with van der Waals surface area (Å²) in [7, 11) is 1.99. The average molecular weight is 223 g/mol. The Morgan fingerprint density at radius 3 is 3.00 bits per heavy atom. The van der Waals surface area contributed by atoms with Crippen LogP contribution < -0.4 is 5.73 Å². The quantitative estimate of drug-likeness (QED) is 0.804. The van der Waals surface area contributed by atoms with Crippen LogP contribution in [-0.2, 0) is 13.6 Å². The van der Waals surface area contributed by atoms with Gasteiger partial charge in [0.1, 0.15) is 12.2 Å². The summed E-state index contributed by atoms with van der Waals surface area (Å²) < 4.78 is 1.98. The summed E-state index contributed by atoms with van der Waals surface area (Å²) in [5, 5.41) is 8.02. The van der Waals surface area contributed by atoms with Crippen molar-refractivity contribution in [2.45, 2.75) is 32.4 Å². The Morgan fingerprint density at radius 2 is 2.38 bits per heavy atom. The van der Waals surface area contributed by atoms with E-state index in [2.05, 4.69) is 22.0 Å². The van der Waals surface area contributed by atoms with Gasteiger partial charge in [-0.15, -0.1) is 10.2 Å². The highest BCUT2D eigenvalue weighted by Gasteiger charge is 2.25. The van der Waals surface area contributed by atoms with E-state index in [4.69, 9.17) is 5.73 Å². The lowest BCUT2D eigenvalue weighted by Crippen LogP contribution is -2.46. The van der Waals surface area contributed by atoms with Crippen molar-refractivity contribution >= 4 is 0 Å². The number of hydrogen-bond acceptors (Lipinski definition) is 4. The number of aromatic nitrogens is 3. The highest BCUT2D eigenvalue weighted by atomic mass is 15.3. The highest BCUT2D eigenvalue weighted by Crippen LogP contribution is 2.19. The molecule has 0 spiro atoms. The van der Waals surface area contributed by atoms with Crippen molar-refractivity contribution in [2.75, 3.05) is 13.1 Å². The molecule has 1 aromatic heterocycles. The van der Waals surface area contributed by atoms with Gasteiger partial charge in [-0.2, -0.15) is 0 Å². The lowest BCUT2D eigenvalue weighted by molar-refractivity contribution is 0.141. The monoisotopic (exact) mass is 223 g/mol. The van der Waals surface area contributed by atoms with Gasteiger partial charge in [-0.3, -0.25) is 4.90 Å². The van der Waals surface area contributed by atoms with Crippen molar-refractivity contribution in [1.82, 2.24) is 19.7 Å². The second-order valence-corrected chi connectivity index (χ2v) is 4.71. The molecule has 0 radical (unpaired) electrons. The molecule has 2 atom stereocenters. The number of likely N-dealkylation sites (tertiary alicyclic amines) is 1. The fourth-order valence-corrected chi connectivity index (χ4v) is 2.35. The van der Waals surface area contributed by atoms with E-state index in [1.807, 2.05) is 11.6 Å². The lowest BCUT2D eigenvalue weighted by Gasteiger charge is -2.36. The fraction of sp³-hybridized carbons (Fsp3) is 0.818. The summed E-state index contributed by atoms with van der Waals surface area (Å²) in [5.41, 5.74) is 6.10. The smallest absolute Gasteiger partial charge is 0.146 e. The first-order chi connectivity index (χ1) is 7.70. The predicted molar refractivity (Wildman–Crippen MR) is 62.7 cm³/mol. The highest BCUT2D eigenvalue weighted by molar-refractivity contribution is 4.88. The Hall–Kier alpha value is -0.940. The molecule has 0 aromatic carbocycles. The summed E-state index contributed by atoms with van der Waals surface area (Å²) in [4.78, 5) is 2.43. The van der Waals surface area contributed by atoms with Gasteiger partial charge in [0.15, 0.2) is 0 Å². The normalized spacial score (nSPS) is 27.2. The summed E-state index contributed by atoms with van der Waals surface area (Å²) >= 11 is 0. The molecule has 1 aromatic rings. The maximum absolute atomic E-state index is 6.10. The molecule has 2 unspecified atom stereocenters. The number of piperidine rings is 1. The SMILES string of the molecule is CCC1CN(Cc2nncn2C)CCC1N. The minimum Gasteiger partial charge on any atom is -0.327 e. The molecule has 2 rings (SSSR count). The molecule has 1 saturated heterocycles. The van der Waals surface area contributed by atoms with Crippen molar-refractivity contribution < 1.29 is 0 Å². The van der Waals surface area contributed by atoms with Gasteiger partial charge in [0.2, 0.25) is 0 Å². The maximum Gasteiger partial charge on any atom is 0.146 e. The van der Waals surface area contributed by atoms with Crippen LogP contribution in [0.4, 0.5) is 0 Å². The molecule has 5 heteroatoms. The molecule has 2 heterocycles. The third-order valence-corrected chi connectivity index (χ3v) is 3.57. The maximum atomic E-state index is 6.10. The molecule has 0 bridgehead atoms. The zero-order valence-electron chi connectivity index (χ0n) is 10.1. The van der Waals surface area contributed by atoms with Crippen LogP contribution in [0.5, 0.6) is 0 Å². The van der Waals surface area contributed by atoms with Crippen LogP contribution in [0.25, 0.3) is 0 Å². The minimum atomic E-state index is 0.376. The van der Waals surface area contributed by atoms with Gasteiger partial charge >= 0.3 is 0 Å². The molecule has 0 saturated carbocycles. The Balaban J connectivity index is 1.94. The third kappa shape index (κ3) is 2.41. The largest absolute Gasteiger partial charge is 0.327 e. The molecule has 0 amide bonds. The molecule has 90 valence electrons. The molecule has 1 aliphatic rings. The first kappa shape index (κ1) is 11.5. The number of rotatable bonds is 3. The number of nitrogens with two attached hydrogens (primary N) is 1. The van der Waals surface area contributed by atoms with Gasteiger partial charge in [-0.05, 0) is 12.3 Å². The van der Waals surface area contributed by atoms with Gasteiger partial charge in [-0.1, -0.05) is 13.3 Å². The van der Waals surface area contributed by atoms with E-state index in [0.717, 1.165) is 38.3 Å². The average Bonchev–Trinajstić information content (AvgIpc) is 2.67. The molecular weight excluding hydrogens is 202 g/mol. The van der Waals surface area contributed by atoms with Gasteiger partial charge in [0, 0.05) is 26.2 Å². The molecule has 16 heavy (non-hydrogen) atoms. The summed E-state index contributed by atoms with van der Waals surface area (Å²) in [6.45, 7) is 5.27. The summed E-state index contributed by atoms with van der Waals surface area (Å²) in [5.74, 6) is 1.66. The van der Waals surface area contributed by atoms with E-state index >= 15 is 0 Å². The van der Waals surface area contributed by atoms with Gasteiger partial charge in [0.05, 0.1) is 6.54 Å². The number of aryl methyl sites for hydroxylation is 1. The van der Waals surface area contributed by atoms with Crippen molar-refractivity contribution in [1.29, 1.82) is 0 Å². The van der Waals surface area contributed by atoms with E-state index in [-0.39, 0.29) is 0 Å². The molecular formula is C11H21N5. The van der Waals surface area contributed by atoms with Crippen molar-refractivity contribution in [3.8, 4) is 0 Å². The zero-order valence-corrected chi connectivity index (χ0v) is 10.1. The van der Waals surface area contributed by atoms with E-state index in [0.29, 0.717) is 12.0 Å². The first-order valence-electron chi connectivity index (χ1n) is 6.01. The first-order valence-corrected chi connectivity index (χ1v) is 6.01. The van der Waals surface area contributed by atoms with Crippen molar-refractivity contribution in [3.63, 3.8) is 0 Å². The van der Waals surface area contributed by atoms with E-state index in [9.17, 15) is 0 Å². The van der Waals surface area contributed by atoms with Crippen LogP contribution in [0.3, 0.4) is 0 Å². The number of nitrogens with zero attached hydrogens (tertiary/aromatic N) is 4. The van der Waals surface area contributed by atoms with Crippen LogP contribution >= 0.6 is 0 Å². The van der Waals surface area contributed by atoms with Crippen LogP contribution in [0.15, 0.2) is 6.33 Å². The predicted octanol–water partition coefficient (Wildman–Crippen LogP) is 0.374. The second-order valence-electron chi connectivity index (χ2n) is 4.71. The topological polar surface area (TPSA) is 60.0 Å². The van der Waals surface area contributed by atoms with E-state index < -0.39 is 0 Å². The molecule has 5 nitrogen and oxygen atoms in total. The van der Waals surface area contributed by atoms with E-state index in [1.54, 1.807) is 6.33 Å². The van der Waals surface area contributed by atoms with Crippen LogP contribution in [0, 0.1) is 5.92 Å². The van der Waals surface area contributed by atoms with Crippen LogP contribution in [-0.4, -0.2) is 38.8 Å². The van der Waals surface area contributed by atoms with Gasteiger partial charge in [0.25, 0.3) is 0 Å². The van der Waals surface area contributed by atoms with Crippen LogP contribution in [0.1, 0.15) is 25.6 Å². The second kappa shape index (κ2) is 4.93. The van der Waals surface area contributed by atoms with Crippen LogP contribution in [0.2, 0.25) is 0 Å². The zero-order chi connectivity index (χ0) is 11.5.